The Hall–Kier alpha value is -1.48. The first-order chi connectivity index (χ1) is 9.19. The summed E-state index contributed by atoms with van der Waals surface area (Å²) in [5.74, 6) is -0.217. The average molecular weight is 280 g/mol. The van der Waals surface area contributed by atoms with Crippen LogP contribution in [0.3, 0.4) is 0 Å². The Bertz CT molecular complexity index is 577. The van der Waals surface area contributed by atoms with Gasteiger partial charge < -0.3 is 9.30 Å². The van der Waals surface area contributed by atoms with Gasteiger partial charge in [0, 0.05) is 11.6 Å². The minimum absolute atomic E-state index is 0.217. The molecule has 2 rings (SSSR count). The number of methoxy groups -OCH3 is 1. The molecule has 0 radical (unpaired) electrons. The lowest BCUT2D eigenvalue weighted by Gasteiger charge is -2.18. The topological polar surface area (TPSA) is 31.2 Å². The molecule has 0 aliphatic heterocycles. The Kier molecular flexibility index (Phi) is 4.48. The van der Waals surface area contributed by atoms with E-state index in [2.05, 4.69) is 6.92 Å². The van der Waals surface area contributed by atoms with Crippen LogP contribution < -0.4 is 0 Å². The zero-order valence-corrected chi connectivity index (χ0v) is 12.0. The molecule has 4 heteroatoms. The lowest BCUT2D eigenvalue weighted by Crippen LogP contribution is -2.20. The molecule has 0 aliphatic rings. The van der Waals surface area contributed by atoms with Crippen LogP contribution in [-0.2, 0) is 9.53 Å². The molecule has 1 heterocycles. The van der Waals surface area contributed by atoms with E-state index >= 15 is 0 Å². The maximum atomic E-state index is 12.0. The van der Waals surface area contributed by atoms with Gasteiger partial charge in [0.15, 0.2) is 0 Å². The maximum absolute atomic E-state index is 12.0. The summed E-state index contributed by atoms with van der Waals surface area (Å²) >= 11 is 6.26. The summed E-state index contributed by atoms with van der Waals surface area (Å²) < 4.78 is 6.85. The highest BCUT2D eigenvalue weighted by molar-refractivity contribution is 6.35. The van der Waals surface area contributed by atoms with E-state index in [1.165, 1.54) is 7.11 Å². The van der Waals surface area contributed by atoms with Crippen molar-refractivity contribution in [1.29, 1.82) is 0 Å². The Morgan fingerprint density at radius 1 is 1.42 bits per heavy atom. The van der Waals surface area contributed by atoms with E-state index in [9.17, 15) is 4.79 Å². The molecule has 0 bridgehead atoms. The molecule has 2 aromatic rings. The van der Waals surface area contributed by atoms with Crippen LogP contribution in [-0.4, -0.2) is 17.6 Å². The number of carbonyl (C=O) groups excluding carboxylic acids is 1. The highest BCUT2D eigenvalue weighted by Gasteiger charge is 2.22. The molecule has 1 atom stereocenters. The van der Waals surface area contributed by atoms with Crippen molar-refractivity contribution < 1.29 is 9.53 Å². The van der Waals surface area contributed by atoms with Crippen molar-refractivity contribution >= 4 is 28.5 Å². The molecule has 0 spiro atoms. The Morgan fingerprint density at radius 3 is 2.89 bits per heavy atom. The summed E-state index contributed by atoms with van der Waals surface area (Å²) in [5.41, 5.74) is 0.899. The van der Waals surface area contributed by atoms with E-state index in [-0.39, 0.29) is 12.0 Å². The summed E-state index contributed by atoms with van der Waals surface area (Å²) in [6.45, 7) is 2.11. The quantitative estimate of drug-likeness (QED) is 0.768. The number of carbonyl (C=O) groups is 1. The van der Waals surface area contributed by atoms with Gasteiger partial charge in [-0.2, -0.15) is 0 Å². The fraction of sp³-hybridized carbons (Fsp3) is 0.400. The number of nitrogens with zero attached hydrogens (tertiary/aromatic N) is 1. The number of hydrogen-bond acceptors (Lipinski definition) is 2. The minimum Gasteiger partial charge on any atom is -0.467 e. The summed E-state index contributed by atoms with van der Waals surface area (Å²) in [6, 6.07) is 7.42. The first-order valence-electron chi connectivity index (χ1n) is 6.52. The van der Waals surface area contributed by atoms with Gasteiger partial charge in [0.25, 0.3) is 0 Å². The molecule has 0 saturated carbocycles. The second-order valence-electron chi connectivity index (χ2n) is 4.58. The number of ether oxygens (including phenoxy) is 1. The summed E-state index contributed by atoms with van der Waals surface area (Å²) in [4.78, 5) is 12.0. The Morgan fingerprint density at radius 2 is 2.21 bits per heavy atom. The minimum atomic E-state index is -0.303. The van der Waals surface area contributed by atoms with Gasteiger partial charge in [-0.3, -0.25) is 0 Å². The second-order valence-corrected chi connectivity index (χ2v) is 4.99. The average Bonchev–Trinajstić information content (AvgIpc) is 2.84. The molecule has 1 aromatic heterocycles. The van der Waals surface area contributed by atoms with Crippen molar-refractivity contribution in [1.82, 2.24) is 4.57 Å². The van der Waals surface area contributed by atoms with Gasteiger partial charge in [0.05, 0.1) is 17.6 Å². The number of para-hydroxylation sites is 1. The van der Waals surface area contributed by atoms with Crippen LogP contribution in [0.15, 0.2) is 30.5 Å². The molecule has 0 amide bonds. The maximum Gasteiger partial charge on any atom is 0.328 e. The van der Waals surface area contributed by atoms with E-state index in [0.29, 0.717) is 5.02 Å². The van der Waals surface area contributed by atoms with E-state index in [0.717, 1.165) is 30.2 Å². The largest absolute Gasteiger partial charge is 0.467 e. The van der Waals surface area contributed by atoms with Gasteiger partial charge in [0.1, 0.15) is 6.04 Å². The predicted octanol–water partition coefficient (Wildman–Crippen LogP) is 4.20. The van der Waals surface area contributed by atoms with Crippen LogP contribution in [0.25, 0.3) is 10.9 Å². The predicted molar refractivity (Wildman–Crippen MR) is 77.5 cm³/mol. The van der Waals surface area contributed by atoms with E-state index in [1.807, 2.05) is 35.0 Å². The van der Waals surface area contributed by atoms with E-state index in [1.54, 1.807) is 0 Å². The Labute approximate surface area is 118 Å². The van der Waals surface area contributed by atoms with Crippen molar-refractivity contribution in [2.75, 3.05) is 7.11 Å². The molecular formula is C15H18ClNO2. The van der Waals surface area contributed by atoms with Crippen molar-refractivity contribution in [3.8, 4) is 0 Å². The first-order valence-corrected chi connectivity index (χ1v) is 6.89. The number of benzene rings is 1. The van der Waals surface area contributed by atoms with Crippen LogP contribution in [0.2, 0.25) is 5.02 Å². The lowest BCUT2D eigenvalue weighted by atomic mass is 10.1. The summed E-state index contributed by atoms with van der Waals surface area (Å²) in [5, 5.41) is 1.70. The van der Waals surface area contributed by atoms with Crippen molar-refractivity contribution in [3.05, 3.63) is 35.5 Å². The van der Waals surface area contributed by atoms with Gasteiger partial charge in [-0.05, 0) is 18.6 Å². The lowest BCUT2D eigenvalue weighted by molar-refractivity contribution is -0.144. The number of unbranched alkanes of at least 4 members (excludes halogenated alkanes) is 1. The number of hydrogen-bond donors (Lipinski definition) is 0. The molecule has 0 N–H and O–H groups in total. The van der Waals surface area contributed by atoms with Crippen molar-refractivity contribution in [3.63, 3.8) is 0 Å². The zero-order chi connectivity index (χ0) is 13.8. The zero-order valence-electron chi connectivity index (χ0n) is 11.2. The fourth-order valence-electron chi connectivity index (χ4n) is 2.34. The molecular weight excluding hydrogens is 262 g/mol. The highest BCUT2D eigenvalue weighted by Crippen LogP contribution is 2.29. The van der Waals surface area contributed by atoms with Gasteiger partial charge in [0.2, 0.25) is 0 Å². The van der Waals surface area contributed by atoms with Gasteiger partial charge in [-0.15, -0.1) is 0 Å². The van der Waals surface area contributed by atoms with Crippen LogP contribution in [0, 0.1) is 0 Å². The first kappa shape index (κ1) is 13.9. The standard InChI is InChI=1S/C15H18ClNO2/c1-3-4-8-13(15(18)19-2)17-10-9-11-6-5-7-12(16)14(11)17/h5-7,9-10,13H,3-4,8H2,1-2H3. The van der Waals surface area contributed by atoms with Crippen molar-refractivity contribution in [2.24, 2.45) is 0 Å². The molecule has 3 nitrogen and oxygen atoms in total. The third-order valence-corrected chi connectivity index (χ3v) is 3.64. The number of aromatic nitrogens is 1. The molecule has 0 fully saturated rings. The van der Waals surface area contributed by atoms with E-state index in [4.69, 9.17) is 16.3 Å². The molecule has 102 valence electrons. The van der Waals surface area contributed by atoms with E-state index < -0.39 is 0 Å². The Balaban J connectivity index is 2.46. The molecule has 19 heavy (non-hydrogen) atoms. The normalized spacial score (nSPS) is 12.6. The monoisotopic (exact) mass is 279 g/mol. The van der Waals surface area contributed by atoms with Crippen LogP contribution in [0.1, 0.15) is 32.2 Å². The highest BCUT2D eigenvalue weighted by atomic mass is 35.5. The number of halogens is 1. The third kappa shape index (κ3) is 2.76. The number of rotatable bonds is 5. The SMILES string of the molecule is CCCCC(C(=O)OC)n1ccc2cccc(Cl)c21. The third-order valence-electron chi connectivity index (χ3n) is 3.33. The smallest absolute Gasteiger partial charge is 0.328 e. The van der Waals surface area contributed by atoms with Gasteiger partial charge >= 0.3 is 5.97 Å². The summed E-state index contributed by atoms with van der Waals surface area (Å²) in [6.07, 6.45) is 4.69. The molecule has 1 aromatic carbocycles. The molecule has 0 aliphatic carbocycles. The molecule has 1 unspecified atom stereocenters. The van der Waals surface area contributed by atoms with Crippen LogP contribution >= 0.6 is 11.6 Å². The number of esters is 1. The van der Waals surface area contributed by atoms with Crippen LogP contribution in [0.5, 0.6) is 0 Å². The van der Waals surface area contributed by atoms with Gasteiger partial charge in [-0.25, -0.2) is 4.79 Å². The fourth-order valence-corrected chi connectivity index (χ4v) is 2.62. The van der Waals surface area contributed by atoms with Crippen molar-refractivity contribution in [2.45, 2.75) is 32.2 Å². The van der Waals surface area contributed by atoms with Gasteiger partial charge in [-0.1, -0.05) is 43.5 Å². The van der Waals surface area contributed by atoms with Crippen LogP contribution in [0.4, 0.5) is 0 Å². The second kappa shape index (κ2) is 6.11. The molecule has 0 saturated heterocycles. The summed E-state index contributed by atoms with van der Waals surface area (Å²) in [7, 11) is 1.43. The number of fused-ring (bicyclic) bond motifs is 1.